The number of fused-ring (bicyclic) bond motifs is 4. The van der Waals surface area contributed by atoms with E-state index in [1.165, 1.54) is 22.9 Å². The van der Waals surface area contributed by atoms with Crippen molar-refractivity contribution in [2.75, 3.05) is 5.32 Å². The van der Waals surface area contributed by atoms with E-state index in [4.69, 9.17) is 0 Å². The predicted molar refractivity (Wildman–Crippen MR) is 110 cm³/mol. The number of hydrogen-bond acceptors (Lipinski definition) is 4. The number of H-pyrrole nitrogens is 1. The number of nitrogens with one attached hydrogen (secondary N) is 2. The van der Waals surface area contributed by atoms with E-state index < -0.39 is 28.7 Å². The molecule has 2 aromatic carbocycles. The minimum atomic E-state index is -4.91. The Hall–Kier alpha value is -3.87. The van der Waals surface area contributed by atoms with Gasteiger partial charge in [-0.3, -0.25) is 4.57 Å². The number of rotatable bonds is 1. The zero-order valence-electron chi connectivity index (χ0n) is 17.2. The fraction of sp³-hybridized carbons (Fsp3) is 0.227. The van der Waals surface area contributed by atoms with Crippen LogP contribution >= 0.6 is 0 Å². The van der Waals surface area contributed by atoms with Crippen molar-refractivity contribution in [3.63, 3.8) is 0 Å². The molecule has 0 atom stereocenters. The van der Waals surface area contributed by atoms with Crippen LogP contribution in [0.2, 0.25) is 0 Å². The first-order chi connectivity index (χ1) is 15.0. The first kappa shape index (κ1) is 20.1. The summed E-state index contributed by atoms with van der Waals surface area (Å²) in [6.45, 7) is 5.01. The van der Waals surface area contributed by atoms with Crippen LogP contribution in [0.25, 0.3) is 27.7 Å². The maximum atomic E-state index is 15.5. The Kier molecular flexibility index (Phi) is 3.96. The van der Waals surface area contributed by atoms with Gasteiger partial charge in [-0.25, -0.2) is 4.39 Å². The standard InChI is InChI=1S/C22H16F4N6/c1-10-30-31-20-21(2,3)29-16-8-14(23)17(18(22(24,25)26)19(16)32(10)20)13-6-11(9-27)7-15-12(13)4-5-28-15/h4-8,28-29H,1-3H3. The highest BCUT2D eigenvalue weighted by Gasteiger charge is 2.45. The number of benzene rings is 2. The van der Waals surface area contributed by atoms with Gasteiger partial charge in [0, 0.05) is 22.7 Å². The van der Waals surface area contributed by atoms with Crippen molar-refractivity contribution in [1.82, 2.24) is 19.7 Å². The van der Waals surface area contributed by atoms with Gasteiger partial charge < -0.3 is 10.3 Å². The number of nitrogens with zero attached hydrogens (tertiary/aromatic N) is 4. The quantitative estimate of drug-likeness (QED) is 0.388. The maximum Gasteiger partial charge on any atom is 0.419 e. The molecule has 1 aliphatic rings. The van der Waals surface area contributed by atoms with E-state index in [0.717, 1.165) is 6.07 Å². The topological polar surface area (TPSA) is 82.3 Å². The molecule has 10 heteroatoms. The Bertz CT molecular complexity index is 1450. The normalized spacial score (nSPS) is 14.6. The third-order valence-corrected chi connectivity index (χ3v) is 5.66. The molecule has 2 N–H and O–H groups in total. The van der Waals surface area contributed by atoms with Gasteiger partial charge in [0.2, 0.25) is 0 Å². The molecule has 0 aliphatic carbocycles. The summed E-state index contributed by atoms with van der Waals surface area (Å²) in [5.41, 5.74) is -2.41. The summed E-state index contributed by atoms with van der Waals surface area (Å²) in [5, 5.41) is 20.8. The fourth-order valence-corrected chi connectivity index (χ4v) is 4.37. The van der Waals surface area contributed by atoms with Crippen molar-refractivity contribution < 1.29 is 17.6 Å². The number of hydrogen-bond donors (Lipinski definition) is 2. The van der Waals surface area contributed by atoms with E-state index >= 15 is 4.39 Å². The van der Waals surface area contributed by atoms with Gasteiger partial charge in [0.05, 0.1) is 34.1 Å². The summed E-state index contributed by atoms with van der Waals surface area (Å²) in [5.74, 6) is -0.522. The van der Waals surface area contributed by atoms with Crippen LogP contribution in [0.4, 0.5) is 23.2 Å². The molecule has 32 heavy (non-hydrogen) atoms. The molecule has 6 nitrogen and oxygen atoms in total. The van der Waals surface area contributed by atoms with Crippen molar-refractivity contribution >= 4 is 16.6 Å². The second-order valence-corrected chi connectivity index (χ2v) is 8.23. The van der Waals surface area contributed by atoms with Crippen LogP contribution in [0, 0.1) is 24.1 Å². The first-order valence-electron chi connectivity index (χ1n) is 9.69. The number of halogens is 4. The van der Waals surface area contributed by atoms with Crippen molar-refractivity contribution in [2.24, 2.45) is 0 Å². The molecule has 162 valence electrons. The van der Waals surface area contributed by atoms with Crippen LogP contribution in [0.15, 0.2) is 30.5 Å². The van der Waals surface area contributed by atoms with E-state index in [9.17, 15) is 18.4 Å². The van der Waals surface area contributed by atoms with E-state index in [-0.39, 0.29) is 34.2 Å². The van der Waals surface area contributed by atoms with Crippen molar-refractivity contribution in [3.8, 4) is 22.9 Å². The number of aryl methyl sites for hydroxylation is 1. The molecule has 0 amide bonds. The SMILES string of the molecule is Cc1nnc2n1-c1c(cc(F)c(-c3cc(C#N)cc4[nH]ccc34)c1C(F)(F)F)NC2(C)C. The van der Waals surface area contributed by atoms with Gasteiger partial charge in [-0.2, -0.15) is 18.4 Å². The smallest absolute Gasteiger partial charge is 0.371 e. The Morgan fingerprint density at radius 1 is 1.16 bits per heavy atom. The van der Waals surface area contributed by atoms with Gasteiger partial charge in [-0.05, 0) is 50.6 Å². The Morgan fingerprint density at radius 3 is 2.59 bits per heavy atom. The van der Waals surface area contributed by atoms with Gasteiger partial charge in [-0.15, -0.1) is 10.2 Å². The van der Waals surface area contributed by atoms with Crippen LogP contribution in [-0.4, -0.2) is 19.7 Å². The highest BCUT2D eigenvalue weighted by molar-refractivity contribution is 5.98. The monoisotopic (exact) mass is 440 g/mol. The van der Waals surface area contributed by atoms with Crippen LogP contribution in [-0.2, 0) is 11.7 Å². The molecule has 1 aliphatic heterocycles. The minimum absolute atomic E-state index is 0.0132. The Balaban J connectivity index is 1.97. The zero-order chi connectivity index (χ0) is 23.0. The third-order valence-electron chi connectivity index (χ3n) is 5.66. The molecule has 2 aromatic heterocycles. The van der Waals surface area contributed by atoms with Crippen molar-refractivity contribution in [1.29, 1.82) is 5.26 Å². The van der Waals surface area contributed by atoms with Gasteiger partial charge in [0.15, 0.2) is 5.82 Å². The lowest BCUT2D eigenvalue weighted by atomic mass is 9.90. The minimum Gasteiger partial charge on any atom is -0.371 e. The second kappa shape index (κ2) is 6.32. The number of alkyl halides is 3. The molecule has 0 spiro atoms. The molecule has 5 rings (SSSR count). The lowest BCUT2D eigenvalue weighted by Crippen LogP contribution is -2.37. The summed E-state index contributed by atoms with van der Waals surface area (Å²) in [6, 6.07) is 7.33. The van der Waals surface area contributed by atoms with E-state index in [2.05, 4.69) is 20.5 Å². The number of anilines is 1. The first-order valence-corrected chi connectivity index (χ1v) is 9.69. The molecule has 3 heterocycles. The summed E-state index contributed by atoms with van der Waals surface area (Å²) in [4.78, 5) is 2.88. The zero-order valence-corrected chi connectivity index (χ0v) is 17.2. The lowest BCUT2D eigenvalue weighted by molar-refractivity contribution is -0.137. The molecule has 0 saturated carbocycles. The average molecular weight is 440 g/mol. The maximum absolute atomic E-state index is 15.5. The van der Waals surface area contributed by atoms with Gasteiger partial charge in [0.1, 0.15) is 11.6 Å². The van der Waals surface area contributed by atoms with Crippen molar-refractivity contribution in [3.05, 3.63) is 59.1 Å². The molecule has 0 saturated heterocycles. The van der Waals surface area contributed by atoms with E-state index in [1.54, 1.807) is 26.8 Å². The fourth-order valence-electron chi connectivity index (χ4n) is 4.37. The highest BCUT2D eigenvalue weighted by Crippen LogP contribution is 2.50. The Morgan fingerprint density at radius 2 is 1.91 bits per heavy atom. The predicted octanol–water partition coefficient (Wildman–Crippen LogP) is 5.41. The van der Waals surface area contributed by atoms with Gasteiger partial charge >= 0.3 is 6.18 Å². The molecule has 0 unspecified atom stereocenters. The Labute approximate surface area is 179 Å². The summed E-state index contributed by atoms with van der Waals surface area (Å²) >= 11 is 0. The third kappa shape index (κ3) is 2.70. The van der Waals surface area contributed by atoms with Crippen LogP contribution in [0.5, 0.6) is 0 Å². The summed E-state index contributed by atoms with van der Waals surface area (Å²) in [7, 11) is 0. The number of aromatic nitrogens is 4. The van der Waals surface area contributed by atoms with E-state index in [0.29, 0.717) is 10.9 Å². The number of nitriles is 1. The van der Waals surface area contributed by atoms with Crippen molar-refractivity contribution in [2.45, 2.75) is 32.5 Å². The highest BCUT2D eigenvalue weighted by atomic mass is 19.4. The average Bonchev–Trinajstić information content (AvgIpc) is 3.32. The molecular formula is C22H16F4N6. The summed E-state index contributed by atoms with van der Waals surface area (Å²) in [6.07, 6.45) is -3.38. The molecule has 0 bridgehead atoms. The van der Waals surface area contributed by atoms with Gasteiger partial charge in [-0.1, -0.05) is 0 Å². The molecule has 0 fully saturated rings. The van der Waals surface area contributed by atoms with E-state index in [1.807, 2.05) is 6.07 Å². The van der Waals surface area contributed by atoms with Crippen LogP contribution in [0.1, 0.15) is 36.6 Å². The van der Waals surface area contributed by atoms with Gasteiger partial charge in [0.25, 0.3) is 0 Å². The summed E-state index contributed by atoms with van der Waals surface area (Å²) < 4.78 is 60.7. The second-order valence-electron chi connectivity index (χ2n) is 8.23. The lowest BCUT2D eigenvalue weighted by Gasteiger charge is -2.36. The number of aromatic amines is 1. The van der Waals surface area contributed by atoms with Crippen LogP contribution < -0.4 is 5.32 Å². The molecule has 0 radical (unpaired) electrons. The molecule has 4 aromatic rings. The largest absolute Gasteiger partial charge is 0.419 e. The molecular weight excluding hydrogens is 424 g/mol. The van der Waals surface area contributed by atoms with Crippen LogP contribution in [0.3, 0.4) is 0 Å².